The number of anilines is 2. The first-order chi connectivity index (χ1) is 39.2. The third-order valence-electron chi connectivity index (χ3n) is 19.9. The number of aryl methyl sites for hydroxylation is 2. The lowest BCUT2D eigenvalue weighted by atomic mass is 9.63. The van der Waals surface area contributed by atoms with Crippen molar-refractivity contribution in [2.75, 3.05) is 73.9 Å². The molecule has 9 atom stereocenters. The van der Waals surface area contributed by atoms with Crippen LogP contribution in [0.4, 0.5) is 11.4 Å². The molecule has 2 saturated carbocycles. The van der Waals surface area contributed by atoms with Crippen molar-refractivity contribution in [1.82, 2.24) is 9.44 Å². The number of benzene rings is 4. The highest BCUT2D eigenvalue weighted by molar-refractivity contribution is 7.99. The van der Waals surface area contributed by atoms with Crippen molar-refractivity contribution >= 4 is 72.0 Å². The molecule has 83 heavy (non-hydrogen) atoms. The van der Waals surface area contributed by atoms with Crippen LogP contribution in [-0.4, -0.2) is 126 Å². The average molecular weight is 1220 g/mol. The number of hydrogen-bond acceptors (Lipinski definition) is 13. The third-order valence-corrected chi connectivity index (χ3v) is 23.2. The highest BCUT2D eigenvalue weighted by Gasteiger charge is 2.51. The zero-order valence-corrected chi connectivity index (χ0v) is 50.0. The van der Waals surface area contributed by atoms with Gasteiger partial charge in [0.15, 0.2) is 0 Å². The summed E-state index contributed by atoms with van der Waals surface area (Å²) in [5.41, 5.74) is 4.35. The molecule has 0 radical (unpaired) electrons. The number of carbonyl (C=O) groups excluding carboxylic acids is 2. The lowest BCUT2D eigenvalue weighted by Gasteiger charge is -2.49. The van der Waals surface area contributed by atoms with E-state index in [1.165, 1.54) is 22.3 Å². The minimum absolute atomic E-state index is 0. The largest absolute Gasteiger partial charge is 0.490 e. The monoisotopic (exact) mass is 1220 g/mol. The van der Waals surface area contributed by atoms with Gasteiger partial charge in [-0.1, -0.05) is 68.4 Å². The van der Waals surface area contributed by atoms with Gasteiger partial charge in [-0.25, -0.2) is 17.3 Å². The molecular formula is C64H84Cl2N4O11S2. The predicted molar refractivity (Wildman–Crippen MR) is 329 cm³/mol. The Kier molecular flexibility index (Phi) is 18.3. The van der Waals surface area contributed by atoms with Crippen molar-refractivity contribution in [2.45, 2.75) is 145 Å². The molecule has 1 unspecified atom stereocenters. The van der Waals surface area contributed by atoms with E-state index in [0.717, 1.165) is 92.0 Å². The van der Waals surface area contributed by atoms with Gasteiger partial charge in [0, 0.05) is 73.6 Å². The van der Waals surface area contributed by atoms with Crippen molar-refractivity contribution in [3.8, 4) is 11.5 Å². The summed E-state index contributed by atoms with van der Waals surface area (Å²) in [6.45, 7) is 3.08. The van der Waals surface area contributed by atoms with Gasteiger partial charge in [0.05, 0.1) is 54.8 Å². The molecule has 19 heteroatoms. The lowest BCUT2D eigenvalue weighted by Crippen LogP contribution is -2.54. The molecule has 4 aromatic carbocycles. The number of nitrogens with one attached hydrogen (secondary N) is 2. The standard InChI is InChI=1S/C32H41ClN2O5S.C31H39ClN2O6S.CH4/c1-41(39)15-4-2-3-14-32(38,20-36)27-10-7-24(27)18-35-19-31(13-5-6-22-16-25(33)9-11-26(22)31)21-40-29-12-8-23(17-28(29)35)30(37)34-41;32-24-8-10-25-21(15-24)5-4-12-30(25)18-34-17-23-6-9-26(23)31(37,19-35)13-2-1-3-14-41(38,39)33-29(36)22-7-11-28(40-20-30)27(34)16-22;/h8-9,11-12,16-17,24,27,36,38H,1-7,10,13-15,18-21H2,(H,34,37,39);7-8,10-11,15-16,23,26,35,37H,1-6,9,12-14,17-20H2,(H,33,36);1H4/t24-,27+,31-,32+,41?;23-,26+,30-,31-;/m00./s1. The number of amides is 2. The van der Waals surface area contributed by atoms with E-state index in [0.29, 0.717) is 101 Å². The van der Waals surface area contributed by atoms with E-state index < -0.39 is 42.7 Å². The molecule has 2 spiro atoms. The number of sulfonamides is 1. The van der Waals surface area contributed by atoms with Gasteiger partial charge in [0.2, 0.25) is 10.0 Å². The van der Waals surface area contributed by atoms with Crippen molar-refractivity contribution in [3.05, 3.63) is 116 Å². The zero-order chi connectivity index (χ0) is 57.7. The summed E-state index contributed by atoms with van der Waals surface area (Å²) in [5, 5.41) is 45.3. The molecule has 8 aliphatic rings. The maximum Gasteiger partial charge on any atom is 0.264 e. The van der Waals surface area contributed by atoms with E-state index >= 15 is 0 Å². The first-order valence-corrected chi connectivity index (χ1v) is 34.0. The van der Waals surface area contributed by atoms with Crippen LogP contribution in [0.2, 0.25) is 10.0 Å². The number of fused-ring (bicyclic) bond motifs is 8. The smallest absolute Gasteiger partial charge is 0.264 e. The Hall–Kier alpha value is -4.59. The summed E-state index contributed by atoms with van der Waals surface area (Å²) in [4.78, 5) is 31.0. The molecule has 12 rings (SSSR count). The second-order valence-electron chi connectivity index (χ2n) is 25.3. The van der Waals surface area contributed by atoms with Gasteiger partial charge in [0.1, 0.15) is 11.5 Å². The topological polar surface area (TPSA) is 215 Å². The summed E-state index contributed by atoms with van der Waals surface area (Å²) in [7, 11) is -6.64. The zero-order valence-electron chi connectivity index (χ0n) is 46.9. The van der Waals surface area contributed by atoms with Gasteiger partial charge >= 0.3 is 0 Å². The number of ether oxygens (including phenoxy) is 2. The first kappa shape index (κ1) is 61.5. The predicted octanol–water partition coefficient (Wildman–Crippen LogP) is 9.33. The quantitative estimate of drug-likeness (QED) is 0.103. The molecule has 15 nitrogen and oxygen atoms in total. The van der Waals surface area contributed by atoms with E-state index in [4.69, 9.17) is 32.7 Å². The minimum atomic E-state index is -3.82. The molecule has 4 bridgehead atoms. The van der Waals surface area contributed by atoms with Crippen LogP contribution in [0.1, 0.15) is 153 Å². The number of aliphatic hydroxyl groups excluding tert-OH is 2. The molecule has 2 fully saturated rings. The summed E-state index contributed by atoms with van der Waals surface area (Å²) in [6, 6.07) is 22.8. The van der Waals surface area contributed by atoms with E-state index in [1.54, 1.807) is 24.3 Å². The number of halogens is 2. The van der Waals surface area contributed by atoms with Gasteiger partial charge < -0.3 is 39.7 Å². The molecular weight excluding hydrogens is 1140 g/mol. The summed E-state index contributed by atoms with van der Waals surface area (Å²) in [6.07, 6.45) is 14.1. The minimum Gasteiger partial charge on any atom is -0.490 e. The van der Waals surface area contributed by atoms with Crippen LogP contribution in [0, 0.1) is 23.7 Å². The average Bonchev–Trinajstić information content (AvgIpc) is 2.56. The van der Waals surface area contributed by atoms with Gasteiger partial charge in [-0.2, -0.15) is 0 Å². The van der Waals surface area contributed by atoms with E-state index in [9.17, 15) is 42.6 Å². The fourth-order valence-electron chi connectivity index (χ4n) is 15.2. The highest BCUT2D eigenvalue weighted by atomic mass is 35.5. The molecule has 4 heterocycles. The van der Waals surface area contributed by atoms with Gasteiger partial charge in [0.25, 0.3) is 11.8 Å². The summed E-state index contributed by atoms with van der Waals surface area (Å²) >= 11 is 12.8. The van der Waals surface area contributed by atoms with Crippen LogP contribution in [-0.2, 0) is 43.4 Å². The van der Waals surface area contributed by atoms with Gasteiger partial charge in [-0.3, -0.25) is 14.3 Å². The SMILES string of the molecule is C.C=S1(=O)CCCCC[C@@](O)(CO)[C@@H]2CC[C@H]2CN2C[C@@]3(CCCc4cc(Cl)ccc43)COc3ccc(cc32)C(=O)N1.O=C1NS(=O)(=O)CCCCC[C@](O)(CO)[C@@H]2CC[C@H]2CN2C[C@@]3(CCCc4cc(Cl)ccc43)COc3ccc1cc32. The van der Waals surface area contributed by atoms with Gasteiger partial charge in [-0.15, -0.1) is 0 Å². The van der Waals surface area contributed by atoms with Crippen LogP contribution in [0.25, 0.3) is 0 Å². The number of hydrogen-bond donors (Lipinski definition) is 6. The number of aliphatic hydroxyl groups is 4. The normalized spacial score (nSPS) is 32.4. The number of carbonyl (C=O) groups is 2. The molecule has 452 valence electrons. The van der Waals surface area contributed by atoms with Crippen LogP contribution in [0.5, 0.6) is 11.5 Å². The van der Waals surface area contributed by atoms with Crippen LogP contribution in [0.15, 0.2) is 72.8 Å². The van der Waals surface area contributed by atoms with Crippen molar-refractivity contribution in [2.24, 2.45) is 23.7 Å². The second kappa shape index (κ2) is 24.6. The molecule has 6 N–H and O–H groups in total. The highest BCUT2D eigenvalue weighted by Crippen LogP contribution is 2.51. The molecule has 4 aliphatic heterocycles. The van der Waals surface area contributed by atoms with Crippen molar-refractivity contribution in [3.63, 3.8) is 0 Å². The Bertz CT molecular complexity index is 3080. The Morgan fingerprint density at radius 2 is 1.04 bits per heavy atom. The molecule has 0 saturated heterocycles. The Morgan fingerprint density at radius 1 is 0.578 bits per heavy atom. The molecule has 2 amide bonds. The van der Waals surface area contributed by atoms with E-state index in [2.05, 4.69) is 49.4 Å². The maximum absolute atomic E-state index is 13.3. The lowest BCUT2D eigenvalue weighted by molar-refractivity contribution is -0.117. The fraction of sp³-hybridized carbons (Fsp3) is 0.578. The van der Waals surface area contributed by atoms with Crippen LogP contribution < -0.4 is 28.7 Å². The number of rotatable bonds is 2. The fourth-order valence-corrected chi connectivity index (χ4v) is 17.9. The third kappa shape index (κ3) is 12.8. The van der Waals surface area contributed by atoms with E-state index in [-0.39, 0.29) is 72.2 Å². The van der Waals surface area contributed by atoms with Crippen LogP contribution >= 0.6 is 23.2 Å². The summed E-state index contributed by atoms with van der Waals surface area (Å²) in [5.74, 6) is 4.54. The van der Waals surface area contributed by atoms with Crippen LogP contribution in [0.3, 0.4) is 0 Å². The maximum atomic E-state index is 13.3. The molecule has 4 aromatic rings. The molecule has 4 aliphatic carbocycles. The van der Waals surface area contributed by atoms with Crippen molar-refractivity contribution in [1.29, 1.82) is 0 Å². The van der Waals surface area contributed by atoms with Crippen molar-refractivity contribution < 1.29 is 52.1 Å². The first-order valence-electron chi connectivity index (χ1n) is 29.7. The molecule has 0 aromatic heterocycles. The number of nitrogens with zero attached hydrogens (tertiary/aromatic N) is 2. The Labute approximate surface area is 501 Å². The van der Waals surface area contributed by atoms with Gasteiger partial charge in [-0.05, 0) is 202 Å². The van der Waals surface area contributed by atoms with E-state index in [1.807, 2.05) is 24.3 Å². The summed E-state index contributed by atoms with van der Waals surface area (Å²) < 4.78 is 56.5. The Morgan fingerprint density at radius 3 is 1.48 bits per heavy atom. The second-order valence-corrected chi connectivity index (χ2v) is 30.3. The Balaban J connectivity index is 0.000000183.